The van der Waals surface area contributed by atoms with E-state index in [2.05, 4.69) is 20.9 Å². The van der Waals surface area contributed by atoms with E-state index in [1.54, 1.807) is 0 Å². The summed E-state index contributed by atoms with van der Waals surface area (Å²) in [4.78, 5) is 39.6. The van der Waals surface area contributed by atoms with E-state index < -0.39 is 17.5 Å². The Morgan fingerprint density at radius 1 is 1.06 bits per heavy atom. The lowest BCUT2D eigenvalue weighted by Crippen LogP contribution is -2.59. The molecule has 3 heterocycles. The van der Waals surface area contributed by atoms with Crippen LogP contribution in [0, 0.1) is 5.92 Å². The Balaban J connectivity index is 1.24. The summed E-state index contributed by atoms with van der Waals surface area (Å²) in [7, 11) is 0. The zero-order valence-electron chi connectivity index (χ0n) is 19.2. The summed E-state index contributed by atoms with van der Waals surface area (Å²) in [6.07, 6.45) is 3.81. The number of carbonyl (C=O) groups is 3. The second-order valence-electron chi connectivity index (χ2n) is 10.4. The molecule has 3 atom stereocenters. The number of imide groups is 1. The number of alkyl halides is 2. The first-order valence-corrected chi connectivity index (χ1v) is 12.4. The van der Waals surface area contributed by atoms with E-state index in [9.17, 15) is 23.2 Å². The molecule has 3 saturated heterocycles. The van der Waals surface area contributed by atoms with E-state index in [0.717, 1.165) is 24.9 Å². The van der Waals surface area contributed by atoms with Gasteiger partial charge in [-0.15, -0.1) is 0 Å². The summed E-state index contributed by atoms with van der Waals surface area (Å²) in [6, 6.07) is 9.56. The average molecular weight is 475 g/mol. The van der Waals surface area contributed by atoms with Crippen molar-refractivity contribution in [2.24, 2.45) is 5.92 Å². The van der Waals surface area contributed by atoms with Gasteiger partial charge in [0.1, 0.15) is 5.54 Å². The number of benzene rings is 1. The Labute approximate surface area is 198 Å². The van der Waals surface area contributed by atoms with Crippen molar-refractivity contribution in [3.05, 3.63) is 35.9 Å². The van der Waals surface area contributed by atoms with E-state index >= 15 is 0 Å². The molecular weight excluding hydrogens is 442 g/mol. The van der Waals surface area contributed by atoms with Gasteiger partial charge in [-0.2, -0.15) is 0 Å². The summed E-state index contributed by atoms with van der Waals surface area (Å²) in [5.74, 6) is -3.39. The molecule has 9 heteroatoms. The molecule has 2 unspecified atom stereocenters. The lowest BCUT2D eigenvalue weighted by molar-refractivity contribution is -0.130. The molecular formula is C25H32F2N4O3. The van der Waals surface area contributed by atoms with Crippen molar-refractivity contribution >= 4 is 17.8 Å². The first kappa shape index (κ1) is 23.2. The van der Waals surface area contributed by atoms with Crippen molar-refractivity contribution in [2.45, 2.75) is 87.4 Å². The number of carbonyl (C=O) groups excluding carboxylic acids is 3. The van der Waals surface area contributed by atoms with Gasteiger partial charge in [-0.05, 0) is 50.5 Å². The molecule has 4 fully saturated rings. The number of amides is 4. The Hall–Kier alpha value is -2.55. The van der Waals surface area contributed by atoms with Gasteiger partial charge in [-0.25, -0.2) is 13.6 Å². The molecule has 184 valence electrons. The maximum absolute atomic E-state index is 13.5. The van der Waals surface area contributed by atoms with Gasteiger partial charge in [-0.3, -0.25) is 19.8 Å². The molecule has 1 saturated carbocycles. The Morgan fingerprint density at radius 3 is 2.29 bits per heavy atom. The van der Waals surface area contributed by atoms with Gasteiger partial charge in [0.05, 0.1) is 6.04 Å². The van der Waals surface area contributed by atoms with Gasteiger partial charge in [0.15, 0.2) is 0 Å². The van der Waals surface area contributed by atoms with E-state index in [4.69, 9.17) is 0 Å². The number of halogens is 2. The quantitative estimate of drug-likeness (QED) is 0.552. The highest BCUT2D eigenvalue weighted by Crippen LogP contribution is 2.42. The monoisotopic (exact) mass is 474 g/mol. The number of hydrogen-bond acceptors (Lipinski definition) is 4. The highest BCUT2D eigenvalue weighted by molar-refractivity contribution is 6.07. The highest BCUT2D eigenvalue weighted by atomic mass is 19.3. The fourth-order valence-corrected chi connectivity index (χ4v) is 6.40. The minimum Gasteiger partial charge on any atom is -0.349 e. The first-order chi connectivity index (χ1) is 16.2. The minimum atomic E-state index is -2.66. The highest BCUT2D eigenvalue weighted by Gasteiger charge is 2.55. The van der Waals surface area contributed by atoms with Crippen molar-refractivity contribution in [1.82, 2.24) is 20.9 Å². The Morgan fingerprint density at radius 2 is 1.71 bits per heavy atom. The topological polar surface area (TPSA) is 90.5 Å². The number of hydrogen-bond donors (Lipinski definition) is 3. The zero-order valence-corrected chi connectivity index (χ0v) is 19.2. The molecule has 7 nitrogen and oxygen atoms in total. The number of piperidine rings is 1. The third-order valence-corrected chi connectivity index (χ3v) is 8.24. The molecule has 2 bridgehead atoms. The van der Waals surface area contributed by atoms with Crippen molar-refractivity contribution in [3.8, 4) is 0 Å². The predicted octanol–water partition coefficient (Wildman–Crippen LogP) is 3.26. The number of rotatable bonds is 6. The fraction of sp³-hybridized carbons (Fsp3) is 0.640. The van der Waals surface area contributed by atoms with Crippen LogP contribution in [0.3, 0.4) is 0 Å². The number of nitrogens with zero attached hydrogens (tertiary/aromatic N) is 1. The molecule has 0 radical (unpaired) electrons. The van der Waals surface area contributed by atoms with Crippen molar-refractivity contribution < 1.29 is 23.2 Å². The first-order valence-electron chi connectivity index (χ1n) is 12.4. The maximum Gasteiger partial charge on any atom is 0.322 e. The fourth-order valence-electron chi connectivity index (χ4n) is 6.40. The van der Waals surface area contributed by atoms with Crippen molar-refractivity contribution in [3.63, 3.8) is 0 Å². The van der Waals surface area contributed by atoms with E-state index in [0.29, 0.717) is 19.3 Å². The summed E-state index contributed by atoms with van der Waals surface area (Å²) >= 11 is 0. The van der Waals surface area contributed by atoms with Crippen LogP contribution in [-0.2, 0) is 9.59 Å². The van der Waals surface area contributed by atoms with Crippen LogP contribution in [-0.4, -0.2) is 52.8 Å². The molecule has 3 N–H and O–H groups in total. The van der Waals surface area contributed by atoms with Gasteiger partial charge < -0.3 is 10.6 Å². The second-order valence-corrected chi connectivity index (χ2v) is 10.4. The lowest BCUT2D eigenvalue weighted by atomic mass is 9.82. The van der Waals surface area contributed by atoms with Crippen LogP contribution in [0.4, 0.5) is 13.6 Å². The van der Waals surface area contributed by atoms with Crippen LogP contribution in [0.25, 0.3) is 0 Å². The van der Waals surface area contributed by atoms with Gasteiger partial charge in [-0.1, -0.05) is 30.3 Å². The molecule has 4 amide bonds. The molecule has 1 aromatic carbocycles. The Bertz CT molecular complexity index is 933. The van der Waals surface area contributed by atoms with Gasteiger partial charge >= 0.3 is 6.03 Å². The van der Waals surface area contributed by atoms with Gasteiger partial charge in [0.2, 0.25) is 11.8 Å². The number of nitrogens with one attached hydrogen (secondary N) is 3. The smallest absolute Gasteiger partial charge is 0.322 e. The number of urea groups is 1. The SMILES string of the molecule is O=C1NC(=O)C2(CC3CCC(C2)N3CC[C@H](NC(=O)C2CCC(F)(F)CC2)c2ccccc2)N1. The molecule has 3 aliphatic heterocycles. The molecule has 0 aromatic heterocycles. The number of fused-ring (bicyclic) bond motifs is 2. The van der Waals surface area contributed by atoms with Crippen LogP contribution in [0.2, 0.25) is 0 Å². The van der Waals surface area contributed by atoms with Crippen LogP contribution >= 0.6 is 0 Å². The maximum atomic E-state index is 13.5. The van der Waals surface area contributed by atoms with E-state index in [1.165, 1.54) is 0 Å². The van der Waals surface area contributed by atoms with Crippen LogP contribution in [0.5, 0.6) is 0 Å². The largest absolute Gasteiger partial charge is 0.349 e. The molecule has 34 heavy (non-hydrogen) atoms. The molecule has 1 aromatic rings. The average Bonchev–Trinajstić information content (AvgIpc) is 3.21. The molecule has 1 spiro atoms. The minimum absolute atomic E-state index is 0.143. The Kier molecular flexibility index (Phi) is 6.08. The zero-order chi connectivity index (χ0) is 23.9. The summed E-state index contributed by atoms with van der Waals surface area (Å²) in [5.41, 5.74) is 0.204. The molecule has 5 rings (SSSR count). The second kappa shape index (κ2) is 8.91. The van der Waals surface area contributed by atoms with Crippen molar-refractivity contribution in [1.29, 1.82) is 0 Å². The molecule has 4 aliphatic rings. The summed E-state index contributed by atoms with van der Waals surface area (Å²) in [5, 5.41) is 8.40. The third-order valence-electron chi connectivity index (χ3n) is 8.24. The third kappa shape index (κ3) is 4.54. The van der Waals surface area contributed by atoms with Crippen LogP contribution < -0.4 is 16.0 Å². The van der Waals surface area contributed by atoms with Gasteiger partial charge in [0.25, 0.3) is 5.91 Å². The van der Waals surface area contributed by atoms with Crippen LogP contribution in [0.15, 0.2) is 30.3 Å². The molecule has 1 aliphatic carbocycles. The van der Waals surface area contributed by atoms with Crippen LogP contribution in [0.1, 0.15) is 69.4 Å². The summed E-state index contributed by atoms with van der Waals surface area (Å²) in [6.45, 7) is 0.754. The standard InChI is InChI=1S/C25H32F2N4O3/c26-25(27)11-8-17(9-12-25)21(32)28-20(16-4-2-1-3-5-16)10-13-31-18-6-7-19(31)15-24(14-18)22(33)29-23(34)30-24/h1-5,17-20H,6-15H2,(H,28,32)(H2,29,30,33,34)/t18?,19?,20-,24?/m0/s1. The lowest BCUT2D eigenvalue weighted by Gasteiger charge is -2.43. The predicted molar refractivity (Wildman–Crippen MR) is 121 cm³/mol. The van der Waals surface area contributed by atoms with E-state index in [1.807, 2.05) is 30.3 Å². The van der Waals surface area contributed by atoms with Crippen molar-refractivity contribution in [2.75, 3.05) is 6.54 Å². The van der Waals surface area contributed by atoms with E-state index in [-0.39, 0.29) is 61.5 Å². The summed E-state index contributed by atoms with van der Waals surface area (Å²) < 4.78 is 27.1. The van der Waals surface area contributed by atoms with Gasteiger partial charge in [0, 0.05) is 37.4 Å². The normalized spacial score (nSPS) is 31.8.